The zero-order valence-electron chi connectivity index (χ0n) is 10.9. The average Bonchev–Trinajstić information content (AvgIpc) is 2.48. The number of nitrogens with two attached hydrogens (primary N) is 1. The molecule has 1 aliphatic carbocycles. The Morgan fingerprint density at radius 2 is 2.12 bits per heavy atom. The van der Waals surface area contributed by atoms with Gasteiger partial charge in [-0.3, -0.25) is 0 Å². The summed E-state index contributed by atoms with van der Waals surface area (Å²) in [5.41, 5.74) is 6.00. The molecule has 0 aliphatic heterocycles. The molecule has 0 aromatic rings. The van der Waals surface area contributed by atoms with E-state index in [-0.39, 0.29) is 6.04 Å². The summed E-state index contributed by atoms with van der Waals surface area (Å²) < 4.78 is 5.03. The Bertz CT molecular complexity index is 175. The van der Waals surface area contributed by atoms with Crippen molar-refractivity contribution in [2.45, 2.75) is 57.5 Å². The summed E-state index contributed by atoms with van der Waals surface area (Å²) in [6.45, 7) is 4.07. The lowest BCUT2D eigenvalue weighted by Crippen LogP contribution is -2.40. The van der Waals surface area contributed by atoms with E-state index in [1.54, 1.807) is 7.11 Å². The second kappa shape index (κ2) is 8.04. The van der Waals surface area contributed by atoms with Gasteiger partial charge in [-0.25, -0.2) is 0 Å². The predicted octanol–water partition coefficient (Wildman–Crippen LogP) is 1.91. The van der Waals surface area contributed by atoms with Crippen LogP contribution in [0.15, 0.2) is 0 Å². The highest BCUT2D eigenvalue weighted by Gasteiger charge is 2.16. The zero-order valence-corrected chi connectivity index (χ0v) is 10.9. The van der Waals surface area contributed by atoms with Crippen LogP contribution >= 0.6 is 0 Å². The van der Waals surface area contributed by atoms with Gasteiger partial charge in [0.2, 0.25) is 0 Å². The minimum Gasteiger partial charge on any atom is -0.385 e. The van der Waals surface area contributed by atoms with Crippen LogP contribution in [0.3, 0.4) is 0 Å². The van der Waals surface area contributed by atoms with Crippen LogP contribution in [0.2, 0.25) is 0 Å². The van der Waals surface area contributed by atoms with Gasteiger partial charge in [0.1, 0.15) is 0 Å². The second-order valence-corrected chi connectivity index (χ2v) is 5.26. The minimum atomic E-state index is 0.237. The third-order valence-electron chi connectivity index (χ3n) is 3.62. The highest BCUT2D eigenvalue weighted by Crippen LogP contribution is 2.22. The normalized spacial score (nSPS) is 28.7. The van der Waals surface area contributed by atoms with E-state index in [2.05, 4.69) is 12.2 Å². The topological polar surface area (TPSA) is 47.3 Å². The Balaban J connectivity index is 2.11. The van der Waals surface area contributed by atoms with Crippen molar-refractivity contribution in [2.24, 2.45) is 11.7 Å². The molecule has 0 heterocycles. The van der Waals surface area contributed by atoms with Crippen molar-refractivity contribution >= 4 is 0 Å². The van der Waals surface area contributed by atoms with Crippen LogP contribution in [-0.2, 0) is 4.74 Å². The second-order valence-electron chi connectivity index (χ2n) is 5.26. The summed E-state index contributed by atoms with van der Waals surface area (Å²) >= 11 is 0. The molecule has 3 atom stereocenters. The fourth-order valence-corrected chi connectivity index (χ4v) is 2.38. The van der Waals surface area contributed by atoms with Crippen LogP contribution in [0.25, 0.3) is 0 Å². The SMILES string of the molecule is COCCC(N)CNC1CCCC(C)CC1. The van der Waals surface area contributed by atoms with Crippen molar-refractivity contribution in [3.63, 3.8) is 0 Å². The van der Waals surface area contributed by atoms with Gasteiger partial charge in [-0.05, 0) is 31.6 Å². The molecule has 0 aromatic heterocycles. The number of nitrogens with one attached hydrogen (secondary N) is 1. The molecular formula is C13H28N2O. The molecular weight excluding hydrogens is 200 g/mol. The van der Waals surface area contributed by atoms with Gasteiger partial charge < -0.3 is 15.8 Å². The highest BCUT2D eigenvalue weighted by molar-refractivity contribution is 4.75. The number of ether oxygens (including phenoxy) is 1. The van der Waals surface area contributed by atoms with Crippen LogP contribution in [0, 0.1) is 5.92 Å². The van der Waals surface area contributed by atoms with Gasteiger partial charge >= 0.3 is 0 Å². The van der Waals surface area contributed by atoms with E-state index in [0.717, 1.165) is 25.5 Å². The Morgan fingerprint density at radius 3 is 2.88 bits per heavy atom. The van der Waals surface area contributed by atoms with E-state index in [0.29, 0.717) is 6.04 Å². The number of hydrogen-bond acceptors (Lipinski definition) is 3. The van der Waals surface area contributed by atoms with Gasteiger partial charge in [-0.1, -0.05) is 19.8 Å². The quantitative estimate of drug-likeness (QED) is 0.683. The van der Waals surface area contributed by atoms with Gasteiger partial charge in [0.05, 0.1) is 0 Å². The Morgan fingerprint density at radius 1 is 1.31 bits per heavy atom. The highest BCUT2D eigenvalue weighted by atomic mass is 16.5. The van der Waals surface area contributed by atoms with Crippen LogP contribution < -0.4 is 11.1 Å². The lowest BCUT2D eigenvalue weighted by Gasteiger charge is -2.19. The van der Waals surface area contributed by atoms with Gasteiger partial charge in [0, 0.05) is 32.3 Å². The molecule has 3 heteroatoms. The van der Waals surface area contributed by atoms with E-state index in [1.807, 2.05) is 0 Å². The molecule has 0 spiro atoms. The molecule has 96 valence electrons. The van der Waals surface area contributed by atoms with Crippen molar-refractivity contribution in [1.82, 2.24) is 5.32 Å². The number of rotatable bonds is 6. The van der Waals surface area contributed by atoms with Crippen LogP contribution in [-0.4, -0.2) is 32.3 Å². The number of methoxy groups -OCH3 is 1. The first kappa shape index (κ1) is 13.9. The molecule has 3 nitrogen and oxygen atoms in total. The fraction of sp³-hybridized carbons (Fsp3) is 1.00. The van der Waals surface area contributed by atoms with Crippen LogP contribution in [0.5, 0.6) is 0 Å². The Hall–Kier alpha value is -0.120. The molecule has 1 fully saturated rings. The Labute approximate surface area is 100 Å². The summed E-state index contributed by atoms with van der Waals surface area (Å²) in [4.78, 5) is 0. The Kier molecular flexibility index (Phi) is 7.01. The average molecular weight is 228 g/mol. The van der Waals surface area contributed by atoms with E-state index in [1.165, 1.54) is 32.1 Å². The van der Waals surface area contributed by atoms with Crippen LogP contribution in [0.4, 0.5) is 0 Å². The first-order chi connectivity index (χ1) is 7.72. The summed E-state index contributed by atoms with van der Waals surface area (Å²) in [5.74, 6) is 0.911. The molecule has 0 aromatic carbocycles. The standard InChI is InChI=1S/C13H28N2O/c1-11-4-3-5-13(7-6-11)15-10-12(14)8-9-16-2/h11-13,15H,3-10,14H2,1-2H3. The third-order valence-corrected chi connectivity index (χ3v) is 3.62. The maximum Gasteiger partial charge on any atom is 0.0477 e. The van der Waals surface area contributed by atoms with Crippen molar-refractivity contribution in [3.8, 4) is 0 Å². The predicted molar refractivity (Wildman–Crippen MR) is 68.5 cm³/mol. The molecule has 3 N–H and O–H groups in total. The first-order valence-corrected chi connectivity index (χ1v) is 6.70. The summed E-state index contributed by atoms with van der Waals surface area (Å²) in [6.07, 6.45) is 7.72. The van der Waals surface area contributed by atoms with Crippen LogP contribution in [0.1, 0.15) is 45.4 Å². The van der Waals surface area contributed by atoms with Crippen molar-refractivity contribution < 1.29 is 4.74 Å². The van der Waals surface area contributed by atoms with E-state index >= 15 is 0 Å². The van der Waals surface area contributed by atoms with Gasteiger partial charge in [0.15, 0.2) is 0 Å². The smallest absolute Gasteiger partial charge is 0.0477 e. The third kappa shape index (κ3) is 5.83. The summed E-state index contributed by atoms with van der Waals surface area (Å²) in [6, 6.07) is 0.930. The molecule has 0 saturated heterocycles. The van der Waals surface area contributed by atoms with Gasteiger partial charge in [-0.15, -0.1) is 0 Å². The largest absolute Gasteiger partial charge is 0.385 e. The van der Waals surface area contributed by atoms with E-state index in [4.69, 9.17) is 10.5 Å². The molecule has 0 amide bonds. The van der Waals surface area contributed by atoms with E-state index < -0.39 is 0 Å². The molecule has 1 rings (SSSR count). The van der Waals surface area contributed by atoms with Gasteiger partial charge in [-0.2, -0.15) is 0 Å². The number of hydrogen-bond donors (Lipinski definition) is 2. The summed E-state index contributed by atoms with van der Waals surface area (Å²) in [7, 11) is 1.73. The van der Waals surface area contributed by atoms with Gasteiger partial charge in [0.25, 0.3) is 0 Å². The maximum absolute atomic E-state index is 6.00. The molecule has 3 unspecified atom stereocenters. The lowest BCUT2D eigenvalue weighted by molar-refractivity contribution is 0.186. The molecule has 1 saturated carbocycles. The van der Waals surface area contributed by atoms with Crippen molar-refractivity contribution in [1.29, 1.82) is 0 Å². The molecule has 0 bridgehead atoms. The molecule has 16 heavy (non-hydrogen) atoms. The minimum absolute atomic E-state index is 0.237. The van der Waals surface area contributed by atoms with E-state index in [9.17, 15) is 0 Å². The monoisotopic (exact) mass is 228 g/mol. The lowest BCUT2D eigenvalue weighted by atomic mass is 10.0. The molecule has 0 radical (unpaired) electrons. The zero-order chi connectivity index (χ0) is 11.8. The summed E-state index contributed by atoms with van der Waals surface area (Å²) in [5, 5.41) is 3.61. The fourth-order valence-electron chi connectivity index (χ4n) is 2.38. The van der Waals surface area contributed by atoms with Crippen molar-refractivity contribution in [2.75, 3.05) is 20.3 Å². The first-order valence-electron chi connectivity index (χ1n) is 6.70. The van der Waals surface area contributed by atoms with Crippen molar-refractivity contribution in [3.05, 3.63) is 0 Å². The molecule has 1 aliphatic rings. The maximum atomic E-state index is 6.00.